The predicted molar refractivity (Wildman–Crippen MR) is 134 cm³/mol. The number of phenolic OH excluding ortho intramolecular Hbond substituents is 1. The highest BCUT2D eigenvalue weighted by molar-refractivity contribution is 7.46. The van der Waals surface area contributed by atoms with Gasteiger partial charge in [-0.1, -0.05) is 12.1 Å². The fourth-order valence-electron chi connectivity index (χ4n) is 4.27. The van der Waals surface area contributed by atoms with Crippen LogP contribution in [0.5, 0.6) is 5.75 Å². The summed E-state index contributed by atoms with van der Waals surface area (Å²) in [6.45, 7) is 0.567. The Hall–Kier alpha value is -3.66. The molecule has 2 aromatic heterocycles. The molecule has 1 fully saturated rings. The number of imidazole rings is 1. The molecule has 3 heterocycles. The number of aromatic nitrogens is 4. The van der Waals surface area contributed by atoms with Gasteiger partial charge in [0.1, 0.15) is 35.8 Å². The van der Waals surface area contributed by atoms with Crippen molar-refractivity contribution in [3.8, 4) is 5.75 Å². The lowest BCUT2D eigenvalue weighted by molar-refractivity contribution is -0.129. The summed E-state index contributed by atoms with van der Waals surface area (Å²) in [6, 6.07) is 3.75. The average Bonchev–Trinajstić information content (AvgIpc) is 3.44. The Morgan fingerprint density at radius 2 is 1.92 bits per heavy atom. The molecule has 17 heteroatoms. The molecule has 0 aliphatic carbocycles. The number of aliphatic hydroxyl groups is 1. The lowest BCUT2D eigenvalue weighted by Gasteiger charge is -2.25. The van der Waals surface area contributed by atoms with Crippen molar-refractivity contribution in [2.45, 2.75) is 43.9 Å². The highest BCUT2D eigenvalue weighted by Crippen LogP contribution is 2.39. The van der Waals surface area contributed by atoms with E-state index in [0.29, 0.717) is 22.5 Å². The van der Waals surface area contributed by atoms with Crippen LogP contribution in [0.25, 0.3) is 11.2 Å². The number of carbonyl (C=O) groups excluding carboxylic acids is 2. The maximum atomic E-state index is 13.3. The van der Waals surface area contributed by atoms with Gasteiger partial charge >= 0.3 is 7.82 Å². The number of rotatable bonds is 10. The second-order valence-electron chi connectivity index (χ2n) is 8.80. The third kappa shape index (κ3) is 6.68. The number of nitrogens with one attached hydrogen (secondary N) is 3. The number of anilines is 1. The van der Waals surface area contributed by atoms with E-state index in [9.17, 15) is 34.2 Å². The zero-order valence-electron chi connectivity index (χ0n) is 20.8. The van der Waals surface area contributed by atoms with Gasteiger partial charge in [0, 0.05) is 20.4 Å². The average molecular weight is 565 g/mol. The summed E-state index contributed by atoms with van der Waals surface area (Å²) >= 11 is 0. The molecule has 3 aromatic rings. The van der Waals surface area contributed by atoms with Gasteiger partial charge < -0.3 is 40.7 Å². The molecule has 0 spiro atoms. The van der Waals surface area contributed by atoms with Crippen LogP contribution in [0.4, 0.5) is 5.82 Å². The number of hydrogen-bond acceptors (Lipinski definition) is 11. The number of phosphoric ester groups is 1. The van der Waals surface area contributed by atoms with E-state index >= 15 is 0 Å². The number of aromatic hydroxyl groups is 1. The van der Waals surface area contributed by atoms with Gasteiger partial charge in [-0.3, -0.25) is 18.7 Å². The number of fused-ring (bicyclic) bond motifs is 1. The largest absolute Gasteiger partial charge is 0.508 e. The van der Waals surface area contributed by atoms with E-state index in [1.807, 2.05) is 0 Å². The topological polar surface area (TPSA) is 230 Å². The third-order valence-electron chi connectivity index (χ3n) is 6.03. The Balaban J connectivity index is 1.60. The summed E-state index contributed by atoms with van der Waals surface area (Å²) in [7, 11) is -3.27. The van der Waals surface area contributed by atoms with E-state index in [2.05, 4.69) is 35.4 Å². The van der Waals surface area contributed by atoms with Crippen LogP contribution in [0.1, 0.15) is 18.7 Å². The maximum Gasteiger partial charge on any atom is 0.469 e. The standard InChI is InChI=1S/C22H28N7O9P/c1-11(30)27-14(7-12-3-5-13(31)6-4-12)21(33)28-16-15(8-37-39(34,35)36)38-22(18(16)32)29-10-26-17-19(23-2)24-9-25-20(17)29/h3-6,9-10,14-16,18,22,31-32H,7-8H2,1-2H3,(H,27,30)(H,28,33)(H,23,24,25)(H2,34,35,36)/t14?,15-,16?,18-,22-/m1/s1. The van der Waals surface area contributed by atoms with Gasteiger partial charge in [-0.2, -0.15) is 0 Å². The fourth-order valence-corrected chi connectivity index (χ4v) is 4.61. The summed E-state index contributed by atoms with van der Waals surface area (Å²) in [5, 5.41) is 28.8. The molecule has 1 aliphatic rings. The molecule has 5 atom stereocenters. The molecule has 1 saturated heterocycles. The summed E-state index contributed by atoms with van der Waals surface area (Å²) < 4.78 is 23.3. The zero-order chi connectivity index (χ0) is 28.3. The number of amides is 2. The maximum absolute atomic E-state index is 13.3. The molecular weight excluding hydrogens is 537 g/mol. The Morgan fingerprint density at radius 1 is 1.21 bits per heavy atom. The summed E-state index contributed by atoms with van der Waals surface area (Å²) in [4.78, 5) is 56.1. The van der Waals surface area contributed by atoms with Gasteiger partial charge in [-0.05, 0) is 17.7 Å². The van der Waals surface area contributed by atoms with E-state index in [-0.39, 0.29) is 12.2 Å². The number of nitrogens with zero attached hydrogens (tertiary/aromatic N) is 4. The Labute approximate surface area is 221 Å². The van der Waals surface area contributed by atoms with Crippen molar-refractivity contribution in [3.05, 3.63) is 42.5 Å². The van der Waals surface area contributed by atoms with Crippen LogP contribution in [0, 0.1) is 0 Å². The van der Waals surface area contributed by atoms with Crippen molar-refractivity contribution >= 4 is 36.6 Å². The van der Waals surface area contributed by atoms with Crippen molar-refractivity contribution in [1.29, 1.82) is 0 Å². The molecule has 0 bridgehead atoms. The Bertz CT molecular complexity index is 1380. The number of hydrogen-bond donors (Lipinski definition) is 7. The first-order valence-electron chi connectivity index (χ1n) is 11.7. The van der Waals surface area contributed by atoms with Crippen molar-refractivity contribution in [2.75, 3.05) is 19.0 Å². The molecule has 39 heavy (non-hydrogen) atoms. The summed E-state index contributed by atoms with van der Waals surface area (Å²) in [5.41, 5.74) is 1.31. The highest BCUT2D eigenvalue weighted by Gasteiger charge is 2.47. The van der Waals surface area contributed by atoms with E-state index in [0.717, 1.165) is 0 Å². The van der Waals surface area contributed by atoms with Crippen molar-refractivity contribution in [1.82, 2.24) is 30.2 Å². The first-order valence-corrected chi connectivity index (χ1v) is 13.2. The SMILES string of the molecule is CNc1ncnc2c1ncn2[C@@H]1O[C@H](COP(=O)(O)O)C(NC(=O)C(Cc2ccc(O)cc2)NC(C)=O)[C@H]1O. The molecule has 1 aliphatic heterocycles. The first kappa shape index (κ1) is 28.4. The van der Waals surface area contributed by atoms with Gasteiger partial charge in [-0.15, -0.1) is 0 Å². The van der Waals surface area contributed by atoms with Gasteiger partial charge in [0.15, 0.2) is 17.7 Å². The lowest BCUT2D eigenvalue weighted by atomic mass is 10.0. The molecule has 1 aromatic carbocycles. The molecule has 210 valence electrons. The number of phenols is 1. The quantitative estimate of drug-likeness (QED) is 0.149. The van der Waals surface area contributed by atoms with Crippen LogP contribution in [0.2, 0.25) is 0 Å². The van der Waals surface area contributed by atoms with Gasteiger partial charge in [0.05, 0.1) is 19.0 Å². The molecule has 2 amide bonds. The molecule has 4 rings (SSSR count). The van der Waals surface area contributed by atoms with Crippen LogP contribution >= 0.6 is 7.82 Å². The molecular formula is C22H28N7O9P. The number of carbonyl (C=O) groups is 2. The van der Waals surface area contributed by atoms with E-state index in [1.165, 1.54) is 36.3 Å². The van der Waals surface area contributed by atoms with Crippen molar-refractivity contribution in [2.24, 2.45) is 0 Å². The smallest absolute Gasteiger partial charge is 0.469 e. The molecule has 0 saturated carbocycles. The van der Waals surface area contributed by atoms with Crippen LogP contribution < -0.4 is 16.0 Å². The van der Waals surface area contributed by atoms with Crippen LogP contribution in [-0.2, 0) is 29.8 Å². The Morgan fingerprint density at radius 3 is 2.56 bits per heavy atom. The van der Waals surface area contributed by atoms with Crippen molar-refractivity contribution < 1.29 is 43.4 Å². The van der Waals surface area contributed by atoms with E-state index < -0.39 is 56.8 Å². The van der Waals surface area contributed by atoms with Gasteiger partial charge in [-0.25, -0.2) is 19.5 Å². The fraction of sp³-hybridized carbons (Fsp3) is 0.409. The number of phosphoric acid groups is 1. The third-order valence-corrected chi connectivity index (χ3v) is 6.52. The second kappa shape index (κ2) is 11.6. The van der Waals surface area contributed by atoms with Crippen LogP contribution in [0.15, 0.2) is 36.9 Å². The monoisotopic (exact) mass is 565 g/mol. The number of ether oxygens (including phenoxy) is 1. The minimum Gasteiger partial charge on any atom is -0.508 e. The number of benzene rings is 1. The van der Waals surface area contributed by atoms with E-state index in [1.54, 1.807) is 19.2 Å². The van der Waals surface area contributed by atoms with E-state index in [4.69, 9.17) is 4.74 Å². The molecule has 16 nitrogen and oxygen atoms in total. The molecule has 2 unspecified atom stereocenters. The highest BCUT2D eigenvalue weighted by atomic mass is 31.2. The Kier molecular flexibility index (Phi) is 8.44. The number of aliphatic hydroxyl groups excluding tert-OH is 1. The second-order valence-corrected chi connectivity index (χ2v) is 10.0. The predicted octanol–water partition coefficient (Wildman–Crippen LogP) is -0.827. The zero-order valence-corrected chi connectivity index (χ0v) is 21.7. The normalized spacial score (nSPS) is 22.0. The molecule has 0 radical (unpaired) electrons. The van der Waals surface area contributed by atoms with Gasteiger partial charge in [0.2, 0.25) is 11.8 Å². The lowest BCUT2D eigenvalue weighted by Crippen LogP contribution is -2.55. The molecule has 7 N–H and O–H groups in total. The minimum atomic E-state index is -4.92. The summed E-state index contributed by atoms with van der Waals surface area (Å²) in [6.07, 6.45) is -1.15. The summed E-state index contributed by atoms with van der Waals surface area (Å²) in [5.74, 6) is -0.724. The van der Waals surface area contributed by atoms with Crippen LogP contribution in [-0.4, -0.2) is 89.3 Å². The van der Waals surface area contributed by atoms with Crippen molar-refractivity contribution in [3.63, 3.8) is 0 Å². The van der Waals surface area contributed by atoms with Gasteiger partial charge in [0.25, 0.3) is 0 Å². The minimum absolute atomic E-state index is 0.0311. The first-order chi connectivity index (χ1) is 18.5. The van der Waals surface area contributed by atoms with Crippen LogP contribution in [0.3, 0.4) is 0 Å².